The van der Waals surface area contributed by atoms with Crippen LogP contribution >= 0.6 is 0 Å². The van der Waals surface area contributed by atoms with Crippen LogP contribution < -0.4 is 0 Å². The van der Waals surface area contributed by atoms with E-state index in [4.69, 9.17) is 4.74 Å². The number of hydrogen-bond donors (Lipinski definition) is 0. The summed E-state index contributed by atoms with van der Waals surface area (Å²) in [7, 11) is 0. The third kappa shape index (κ3) is 3.75. The molecular weight excluding hydrogens is 360 g/mol. The summed E-state index contributed by atoms with van der Waals surface area (Å²) in [6, 6.07) is 1.80. The van der Waals surface area contributed by atoms with E-state index >= 15 is 0 Å². The van der Waals surface area contributed by atoms with E-state index in [1.165, 1.54) is 4.90 Å². The summed E-state index contributed by atoms with van der Waals surface area (Å²) in [6.45, 7) is 6.27. The van der Waals surface area contributed by atoms with E-state index in [0.717, 1.165) is 43.6 Å². The second-order valence-electron chi connectivity index (χ2n) is 7.69. The van der Waals surface area contributed by atoms with Crippen molar-refractivity contribution >= 4 is 23.6 Å². The van der Waals surface area contributed by atoms with Gasteiger partial charge in [-0.25, -0.2) is 0 Å². The molecule has 2 atom stereocenters. The first-order chi connectivity index (χ1) is 13.3. The minimum atomic E-state index is -0.576. The first-order valence-corrected chi connectivity index (χ1v) is 10.1. The number of nitrogens with zero attached hydrogens (tertiary/aromatic N) is 2. The predicted octanol–water partition coefficient (Wildman–Crippen LogP) is 2.42. The number of aromatic nitrogens is 1. The van der Waals surface area contributed by atoms with Gasteiger partial charge in [-0.05, 0) is 39.7 Å². The molecule has 2 heterocycles. The first kappa shape index (κ1) is 20.3. The number of esters is 1. The molecule has 0 radical (unpaired) electrons. The number of amides is 2. The van der Waals surface area contributed by atoms with Crippen LogP contribution in [0, 0.1) is 25.7 Å². The van der Waals surface area contributed by atoms with Gasteiger partial charge in [0, 0.05) is 30.0 Å². The Morgan fingerprint density at radius 2 is 1.71 bits per heavy atom. The highest BCUT2D eigenvalue weighted by molar-refractivity contribution is 6.05. The summed E-state index contributed by atoms with van der Waals surface area (Å²) in [5.41, 5.74) is 2.40. The Hall–Kier alpha value is -2.44. The second-order valence-corrected chi connectivity index (χ2v) is 7.69. The van der Waals surface area contributed by atoms with Gasteiger partial charge in [0.15, 0.2) is 6.61 Å². The lowest BCUT2D eigenvalue weighted by Gasteiger charge is -2.19. The number of fused-ring (bicyclic) bond motifs is 1. The van der Waals surface area contributed by atoms with E-state index in [2.05, 4.69) is 0 Å². The second kappa shape index (κ2) is 8.29. The number of rotatable bonds is 7. The van der Waals surface area contributed by atoms with Gasteiger partial charge in [-0.3, -0.25) is 24.1 Å². The maximum Gasteiger partial charge on any atom is 0.308 e. The molecule has 7 heteroatoms. The van der Waals surface area contributed by atoms with E-state index in [1.807, 2.05) is 25.3 Å². The first-order valence-electron chi connectivity index (χ1n) is 10.1. The molecule has 0 N–H and O–H groups in total. The van der Waals surface area contributed by atoms with E-state index in [0.29, 0.717) is 5.56 Å². The van der Waals surface area contributed by atoms with Crippen molar-refractivity contribution in [1.29, 1.82) is 0 Å². The molecule has 152 valence electrons. The van der Waals surface area contributed by atoms with Crippen molar-refractivity contribution in [1.82, 2.24) is 9.47 Å². The van der Waals surface area contributed by atoms with Gasteiger partial charge in [-0.15, -0.1) is 0 Å². The molecule has 2 amide bonds. The Labute approximate surface area is 165 Å². The predicted molar refractivity (Wildman–Crippen MR) is 102 cm³/mol. The smallest absolute Gasteiger partial charge is 0.308 e. The number of Topliss-reactive ketones (excluding diaryl/α,β-unsaturated/α-hetero) is 1. The molecular formula is C21H28N2O5. The van der Waals surface area contributed by atoms with Gasteiger partial charge in [-0.1, -0.05) is 12.8 Å². The van der Waals surface area contributed by atoms with E-state index in [9.17, 15) is 19.2 Å². The highest BCUT2D eigenvalue weighted by Crippen LogP contribution is 2.37. The van der Waals surface area contributed by atoms with Gasteiger partial charge in [0.1, 0.15) is 0 Å². The van der Waals surface area contributed by atoms with Crippen molar-refractivity contribution in [3.05, 3.63) is 23.0 Å². The van der Waals surface area contributed by atoms with Crippen molar-refractivity contribution in [2.45, 2.75) is 59.4 Å². The molecule has 1 saturated heterocycles. The van der Waals surface area contributed by atoms with E-state index < -0.39 is 5.97 Å². The number of aryl methyl sites for hydroxylation is 1. The molecule has 2 aliphatic rings. The lowest BCUT2D eigenvalue weighted by atomic mass is 9.81. The van der Waals surface area contributed by atoms with Crippen LogP contribution in [0.3, 0.4) is 0 Å². The summed E-state index contributed by atoms with van der Waals surface area (Å²) in [4.78, 5) is 50.5. The summed E-state index contributed by atoms with van der Waals surface area (Å²) in [5, 5.41) is 0. The van der Waals surface area contributed by atoms with Crippen LogP contribution in [0.2, 0.25) is 0 Å². The molecule has 0 bridgehead atoms. The van der Waals surface area contributed by atoms with Gasteiger partial charge in [0.05, 0.1) is 18.3 Å². The zero-order valence-electron chi connectivity index (χ0n) is 16.8. The van der Waals surface area contributed by atoms with Crippen molar-refractivity contribution in [2.24, 2.45) is 11.8 Å². The number of hydrogen-bond acceptors (Lipinski definition) is 5. The van der Waals surface area contributed by atoms with Crippen LogP contribution in [-0.2, 0) is 25.7 Å². The molecule has 1 aromatic heterocycles. The summed E-state index contributed by atoms with van der Waals surface area (Å²) in [5.74, 6) is -1.58. The molecule has 1 aliphatic heterocycles. The molecule has 1 saturated carbocycles. The number of carbonyl (C=O) groups is 4. The fourth-order valence-corrected chi connectivity index (χ4v) is 4.52. The maximum absolute atomic E-state index is 12.4. The third-order valence-electron chi connectivity index (χ3n) is 6.03. The van der Waals surface area contributed by atoms with Crippen molar-refractivity contribution < 1.29 is 23.9 Å². The lowest BCUT2D eigenvalue weighted by Crippen LogP contribution is -2.33. The summed E-state index contributed by atoms with van der Waals surface area (Å²) >= 11 is 0. The fourth-order valence-electron chi connectivity index (χ4n) is 4.52. The molecule has 0 unspecified atom stereocenters. The van der Waals surface area contributed by atoms with Crippen LogP contribution in [0.1, 0.15) is 60.8 Å². The Morgan fingerprint density at radius 1 is 1.11 bits per heavy atom. The zero-order valence-corrected chi connectivity index (χ0v) is 16.8. The quantitative estimate of drug-likeness (QED) is 0.407. The van der Waals surface area contributed by atoms with Crippen molar-refractivity contribution in [3.63, 3.8) is 0 Å². The monoisotopic (exact) mass is 388 g/mol. The Balaban J connectivity index is 1.50. The van der Waals surface area contributed by atoms with E-state index in [-0.39, 0.29) is 49.0 Å². The molecule has 1 aromatic rings. The van der Waals surface area contributed by atoms with Gasteiger partial charge >= 0.3 is 5.97 Å². The zero-order chi connectivity index (χ0) is 20.4. The van der Waals surface area contributed by atoms with Crippen LogP contribution in [0.25, 0.3) is 0 Å². The minimum absolute atomic E-state index is 0.0298. The molecule has 0 spiro atoms. The average molecular weight is 388 g/mol. The molecule has 1 aliphatic carbocycles. The normalized spacial score (nSPS) is 21.8. The Kier molecular flexibility index (Phi) is 6.01. The Morgan fingerprint density at radius 3 is 2.25 bits per heavy atom. The number of imide groups is 1. The van der Waals surface area contributed by atoms with Crippen molar-refractivity contribution in [2.75, 3.05) is 13.2 Å². The topological polar surface area (TPSA) is 85.7 Å². The molecule has 2 fully saturated rings. The van der Waals surface area contributed by atoms with Crippen LogP contribution in [-0.4, -0.2) is 46.2 Å². The van der Waals surface area contributed by atoms with Gasteiger partial charge in [-0.2, -0.15) is 0 Å². The maximum atomic E-state index is 12.4. The van der Waals surface area contributed by atoms with Gasteiger partial charge in [0.2, 0.25) is 17.6 Å². The van der Waals surface area contributed by atoms with Gasteiger partial charge < -0.3 is 9.30 Å². The number of ether oxygens (including phenoxy) is 1. The number of carbonyl (C=O) groups excluding carboxylic acids is 4. The average Bonchev–Trinajstić information content (AvgIpc) is 3.11. The largest absolute Gasteiger partial charge is 0.457 e. The summed E-state index contributed by atoms with van der Waals surface area (Å²) < 4.78 is 7.12. The van der Waals surface area contributed by atoms with E-state index in [1.54, 1.807) is 6.07 Å². The van der Waals surface area contributed by atoms with Crippen LogP contribution in [0.5, 0.6) is 0 Å². The molecule has 7 nitrogen and oxygen atoms in total. The molecule has 28 heavy (non-hydrogen) atoms. The SMILES string of the molecule is CCn1c(C)cc(C(=O)COC(=O)CCN2C(=O)[C@H]3CCCC[C@@H]3C2=O)c1C. The number of likely N-dealkylation sites (tertiary alicyclic amines) is 1. The molecule has 0 aromatic carbocycles. The highest BCUT2D eigenvalue weighted by Gasteiger charge is 2.47. The number of ketones is 1. The lowest BCUT2D eigenvalue weighted by molar-refractivity contribution is -0.145. The van der Waals surface area contributed by atoms with Crippen LogP contribution in [0.4, 0.5) is 0 Å². The van der Waals surface area contributed by atoms with Gasteiger partial charge in [0.25, 0.3) is 0 Å². The molecule has 3 rings (SSSR count). The van der Waals surface area contributed by atoms with Crippen LogP contribution in [0.15, 0.2) is 6.07 Å². The Bertz CT molecular complexity index is 786. The third-order valence-corrected chi connectivity index (χ3v) is 6.03. The minimum Gasteiger partial charge on any atom is -0.457 e. The summed E-state index contributed by atoms with van der Waals surface area (Å²) in [6.07, 6.45) is 3.35. The highest BCUT2D eigenvalue weighted by atomic mass is 16.5. The van der Waals surface area contributed by atoms with Crippen molar-refractivity contribution in [3.8, 4) is 0 Å². The fraction of sp³-hybridized carbons (Fsp3) is 0.619. The standard InChI is InChI=1S/C21H28N2O5/c1-4-22-13(2)11-17(14(22)3)18(24)12-28-19(25)9-10-23-20(26)15-7-5-6-8-16(15)21(23)27/h11,15-16H,4-10,12H2,1-3H3/t15-,16-/m0/s1.